The molecule has 0 saturated heterocycles. The van der Waals surface area contributed by atoms with Crippen molar-refractivity contribution in [1.29, 1.82) is 0 Å². The van der Waals surface area contributed by atoms with Crippen molar-refractivity contribution in [1.82, 2.24) is 4.90 Å². The van der Waals surface area contributed by atoms with Gasteiger partial charge in [0.05, 0.1) is 11.3 Å². The van der Waals surface area contributed by atoms with Gasteiger partial charge in [0.1, 0.15) is 5.82 Å². The highest BCUT2D eigenvalue weighted by atomic mass is 16.2. The van der Waals surface area contributed by atoms with Gasteiger partial charge in [-0.25, -0.2) is 0 Å². The number of carbonyl (C=O) groups excluding carboxylic acids is 1. The maximum absolute atomic E-state index is 12.3. The van der Waals surface area contributed by atoms with E-state index in [0.717, 1.165) is 29.2 Å². The van der Waals surface area contributed by atoms with Crippen molar-refractivity contribution < 1.29 is 4.79 Å². The summed E-state index contributed by atoms with van der Waals surface area (Å²) in [5.41, 5.74) is 2.86. The third-order valence-electron chi connectivity index (χ3n) is 3.17. The van der Waals surface area contributed by atoms with Gasteiger partial charge in [-0.05, 0) is 32.9 Å². The van der Waals surface area contributed by atoms with Gasteiger partial charge in [-0.2, -0.15) is 0 Å². The highest BCUT2D eigenvalue weighted by Crippen LogP contribution is 2.32. The van der Waals surface area contributed by atoms with Gasteiger partial charge in [-0.15, -0.1) is 0 Å². The monoisotopic (exact) mass is 230 g/mol. The molecule has 1 aliphatic heterocycles. The van der Waals surface area contributed by atoms with Crippen LogP contribution in [0, 0.1) is 6.92 Å². The Morgan fingerprint density at radius 2 is 1.82 bits per heavy atom. The first-order valence-corrected chi connectivity index (χ1v) is 5.99. The lowest BCUT2D eigenvalue weighted by atomic mass is 10.0. The van der Waals surface area contributed by atoms with E-state index >= 15 is 0 Å². The van der Waals surface area contributed by atoms with Gasteiger partial charge >= 0.3 is 0 Å². The van der Waals surface area contributed by atoms with Crippen LogP contribution in [0.1, 0.15) is 29.8 Å². The number of hydrogen-bond donors (Lipinski definition) is 0. The van der Waals surface area contributed by atoms with Gasteiger partial charge in [0.25, 0.3) is 5.91 Å². The van der Waals surface area contributed by atoms with Crippen molar-refractivity contribution in [3.63, 3.8) is 0 Å². The second-order valence-corrected chi connectivity index (χ2v) is 4.23. The van der Waals surface area contributed by atoms with Crippen molar-refractivity contribution in [2.75, 3.05) is 18.0 Å². The lowest BCUT2D eigenvalue weighted by molar-refractivity contribution is 0.0800. The molecule has 0 bridgehead atoms. The summed E-state index contributed by atoms with van der Waals surface area (Å²) in [5.74, 6) is 0.831. The Hall–Kier alpha value is -1.77. The molecular weight excluding hydrogens is 212 g/mol. The quantitative estimate of drug-likeness (QED) is 0.780. The van der Waals surface area contributed by atoms with Gasteiger partial charge in [0.15, 0.2) is 0 Å². The summed E-state index contributed by atoms with van der Waals surface area (Å²) >= 11 is 0. The van der Waals surface area contributed by atoms with E-state index in [1.165, 1.54) is 0 Å². The molecule has 1 aliphatic rings. The fraction of sp³-hybridized carbons (Fsp3) is 0.357. The number of nitrogens with zero attached hydrogens (tertiary/aromatic N) is 2. The minimum Gasteiger partial charge on any atom is -0.328 e. The topological polar surface area (TPSA) is 23.6 Å². The predicted octanol–water partition coefficient (Wildman–Crippen LogP) is 2.77. The van der Waals surface area contributed by atoms with E-state index in [2.05, 4.69) is 18.4 Å². The molecule has 17 heavy (non-hydrogen) atoms. The lowest BCUT2D eigenvalue weighted by Crippen LogP contribution is -2.43. The van der Waals surface area contributed by atoms with Crippen LogP contribution in [0.2, 0.25) is 0 Å². The zero-order valence-corrected chi connectivity index (χ0v) is 10.7. The van der Waals surface area contributed by atoms with Gasteiger partial charge in [-0.3, -0.25) is 9.69 Å². The van der Waals surface area contributed by atoms with Gasteiger partial charge in [-0.1, -0.05) is 18.2 Å². The molecule has 0 saturated carbocycles. The number of benzene rings is 1. The standard InChI is InChI=1S/C14H18N2O/c1-5-15-11(4)16(6-2)14(17)12-9-10(3)7-8-13(12)15/h7-9H,4-6H2,1-3H3. The Kier molecular flexibility index (Phi) is 2.92. The molecule has 1 aromatic rings. The predicted molar refractivity (Wildman–Crippen MR) is 70.0 cm³/mol. The molecule has 3 heteroatoms. The maximum Gasteiger partial charge on any atom is 0.261 e. The number of aryl methyl sites for hydroxylation is 1. The number of anilines is 1. The van der Waals surface area contributed by atoms with E-state index in [9.17, 15) is 4.79 Å². The summed E-state index contributed by atoms with van der Waals surface area (Å²) in [4.78, 5) is 16.1. The second-order valence-electron chi connectivity index (χ2n) is 4.23. The molecule has 1 aromatic carbocycles. The molecule has 3 nitrogen and oxygen atoms in total. The summed E-state index contributed by atoms with van der Waals surface area (Å²) in [7, 11) is 0. The average Bonchev–Trinajstić information content (AvgIpc) is 2.31. The maximum atomic E-state index is 12.3. The van der Waals surface area contributed by atoms with Crippen molar-refractivity contribution in [2.45, 2.75) is 20.8 Å². The van der Waals surface area contributed by atoms with Crippen LogP contribution in [0.4, 0.5) is 5.69 Å². The fourth-order valence-corrected chi connectivity index (χ4v) is 2.28. The minimum atomic E-state index is 0.0564. The summed E-state index contributed by atoms with van der Waals surface area (Å²) in [6.07, 6.45) is 0. The van der Waals surface area contributed by atoms with E-state index in [0.29, 0.717) is 6.54 Å². The molecule has 2 rings (SSSR count). The molecule has 90 valence electrons. The molecule has 0 aliphatic carbocycles. The number of hydrogen-bond acceptors (Lipinski definition) is 2. The molecule has 0 radical (unpaired) electrons. The molecule has 1 amide bonds. The van der Waals surface area contributed by atoms with Crippen LogP contribution >= 0.6 is 0 Å². The molecule has 0 N–H and O–H groups in total. The first-order chi connectivity index (χ1) is 8.10. The molecule has 0 aromatic heterocycles. The Labute approximate surface area is 102 Å². The van der Waals surface area contributed by atoms with E-state index in [1.54, 1.807) is 4.90 Å². The third kappa shape index (κ3) is 1.71. The minimum absolute atomic E-state index is 0.0564. The van der Waals surface area contributed by atoms with Crippen LogP contribution in [-0.4, -0.2) is 23.9 Å². The Morgan fingerprint density at radius 3 is 2.41 bits per heavy atom. The SMILES string of the molecule is C=C1N(CC)C(=O)c2cc(C)ccc2N1CC. The van der Waals surface area contributed by atoms with Crippen LogP contribution in [0.15, 0.2) is 30.6 Å². The number of fused-ring (bicyclic) bond motifs is 1. The molecular formula is C14H18N2O. The smallest absolute Gasteiger partial charge is 0.261 e. The molecule has 0 atom stereocenters. The Bertz CT molecular complexity index is 479. The van der Waals surface area contributed by atoms with Crippen molar-refractivity contribution in [3.05, 3.63) is 41.7 Å². The van der Waals surface area contributed by atoms with E-state index < -0.39 is 0 Å². The number of amides is 1. The van der Waals surface area contributed by atoms with Gasteiger partial charge in [0.2, 0.25) is 0 Å². The Balaban J connectivity index is 2.60. The number of carbonyl (C=O) groups is 1. The second kappa shape index (κ2) is 4.24. The highest BCUT2D eigenvalue weighted by Gasteiger charge is 2.30. The fourth-order valence-electron chi connectivity index (χ4n) is 2.28. The first kappa shape index (κ1) is 11.7. The largest absolute Gasteiger partial charge is 0.328 e. The summed E-state index contributed by atoms with van der Waals surface area (Å²) in [6.45, 7) is 11.5. The molecule has 0 unspecified atom stereocenters. The van der Waals surface area contributed by atoms with Crippen molar-refractivity contribution in [3.8, 4) is 0 Å². The third-order valence-corrected chi connectivity index (χ3v) is 3.17. The van der Waals surface area contributed by atoms with Crippen LogP contribution in [0.3, 0.4) is 0 Å². The van der Waals surface area contributed by atoms with Crippen molar-refractivity contribution >= 4 is 11.6 Å². The molecule has 0 fully saturated rings. The highest BCUT2D eigenvalue weighted by molar-refractivity contribution is 6.03. The van der Waals surface area contributed by atoms with Gasteiger partial charge < -0.3 is 4.90 Å². The first-order valence-electron chi connectivity index (χ1n) is 5.99. The molecule has 1 heterocycles. The van der Waals surface area contributed by atoms with E-state index in [-0.39, 0.29) is 5.91 Å². The summed E-state index contributed by atoms with van der Waals surface area (Å²) < 4.78 is 0. The van der Waals surface area contributed by atoms with Gasteiger partial charge in [0, 0.05) is 13.1 Å². The van der Waals surface area contributed by atoms with E-state index in [4.69, 9.17) is 0 Å². The zero-order chi connectivity index (χ0) is 12.6. The van der Waals surface area contributed by atoms with Crippen LogP contribution in [0.25, 0.3) is 0 Å². The lowest BCUT2D eigenvalue weighted by Gasteiger charge is -2.38. The Morgan fingerprint density at radius 1 is 1.18 bits per heavy atom. The zero-order valence-electron chi connectivity index (χ0n) is 10.7. The average molecular weight is 230 g/mol. The molecule has 0 spiro atoms. The van der Waals surface area contributed by atoms with Crippen LogP contribution in [0.5, 0.6) is 0 Å². The van der Waals surface area contributed by atoms with Crippen molar-refractivity contribution in [2.24, 2.45) is 0 Å². The normalized spacial score (nSPS) is 15.2. The summed E-state index contributed by atoms with van der Waals surface area (Å²) in [6, 6.07) is 5.99. The summed E-state index contributed by atoms with van der Waals surface area (Å²) in [5, 5.41) is 0. The van der Waals surface area contributed by atoms with Crippen LogP contribution < -0.4 is 4.90 Å². The van der Waals surface area contributed by atoms with Crippen LogP contribution in [-0.2, 0) is 0 Å². The number of rotatable bonds is 2. The van der Waals surface area contributed by atoms with E-state index in [1.807, 2.05) is 32.0 Å².